The van der Waals surface area contributed by atoms with Crippen LogP contribution in [0.3, 0.4) is 0 Å². The van der Waals surface area contributed by atoms with Crippen molar-refractivity contribution in [3.63, 3.8) is 0 Å². The zero-order valence-electron chi connectivity index (χ0n) is 19.6. The highest BCUT2D eigenvalue weighted by molar-refractivity contribution is 6.27. The van der Waals surface area contributed by atoms with Crippen LogP contribution in [-0.4, -0.2) is 57.7 Å². The maximum Gasteiger partial charge on any atom is 0.414 e. The second-order valence-electron chi connectivity index (χ2n) is 8.28. The molecule has 8 nitrogen and oxygen atoms in total. The molecular formula is C26H31N3O5. The molecule has 4 rings (SSSR count). The third-order valence-electron chi connectivity index (χ3n) is 5.84. The van der Waals surface area contributed by atoms with Crippen LogP contribution in [0.2, 0.25) is 0 Å². The van der Waals surface area contributed by atoms with Gasteiger partial charge in [0.05, 0.1) is 5.69 Å². The molecule has 0 spiro atoms. The van der Waals surface area contributed by atoms with Crippen molar-refractivity contribution in [1.29, 1.82) is 0 Å². The summed E-state index contributed by atoms with van der Waals surface area (Å²) in [7, 11) is 0. The Balaban J connectivity index is 0.000000481. The van der Waals surface area contributed by atoms with Gasteiger partial charge in [-0.25, -0.2) is 14.6 Å². The van der Waals surface area contributed by atoms with Crippen molar-refractivity contribution in [3.8, 4) is 0 Å². The van der Waals surface area contributed by atoms with Crippen molar-refractivity contribution in [3.05, 3.63) is 77.9 Å². The van der Waals surface area contributed by atoms with Gasteiger partial charge in [0.15, 0.2) is 0 Å². The normalized spacial score (nSPS) is 14.2. The third-order valence-corrected chi connectivity index (χ3v) is 5.84. The van der Waals surface area contributed by atoms with Crippen molar-refractivity contribution >= 4 is 23.4 Å². The quantitative estimate of drug-likeness (QED) is 0.519. The lowest BCUT2D eigenvalue weighted by Crippen LogP contribution is -2.44. The highest BCUT2D eigenvalue weighted by atomic mass is 16.4. The Labute approximate surface area is 199 Å². The number of likely N-dealkylation sites (tertiary alicyclic amines) is 1. The van der Waals surface area contributed by atoms with E-state index >= 15 is 0 Å². The van der Waals surface area contributed by atoms with Gasteiger partial charge in [-0.15, -0.1) is 0 Å². The fourth-order valence-electron chi connectivity index (χ4n) is 4.19. The van der Waals surface area contributed by atoms with Crippen LogP contribution >= 0.6 is 0 Å². The Morgan fingerprint density at radius 3 is 2.21 bits per heavy atom. The molecule has 2 N–H and O–H groups in total. The van der Waals surface area contributed by atoms with Crippen LogP contribution in [0.1, 0.15) is 29.9 Å². The van der Waals surface area contributed by atoms with E-state index in [9.17, 15) is 0 Å². The molecule has 0 amide bonds. The van der Waals surface area contributed by atoms with E-state index in [0.717, 1.165) is 61.9 Å². The van der Waals surface area contributed by atoms with Gasteiger partial charge in [-0.2, -0.15) is 0 Å². The number of hydrogen-bond donors (Lipinski definition) is 2. The van der Waals surface area contributed by atoms with Gasteiger partial charge in [-0.05, 0) is 50.8 Å². The topological polar surface area (TPSA) is 107 Å². The Morgan fingerprint density at radius 2 is 1.68 bits per heavy atom. The fraction of sp³-hybridized carbons (Fsp3) is 0.346. The third kappa shape index (κ3) is 6.92. The standard InChI is InChI=1S/C24H29N3O.C2H2O4/c1-19-18-23(20(2)28-19)27(24-10-6-7-14-25-24)22-12-16-26(17-13-22)15-11-21-8-4-3-5-9-21;3-1(4)2(5)6/h3-10,14,18,22H,11-13,15-17H2,1-2H3;(H,3,4)(H,5,6). The number of rotatable bonds is 6. The van der Waals surface area contributed by atoms with E-state index in [1.54, 1.807) is 0 Å². The highest BCUT2D eigenvalue weighted by Crippen LogP contribution is 2.34. The summed E-state index contributed by atoms with van der Waals surface area (Å²) in [6.07, 6.45) is 5.26. The predicted octanol–water partition coefficient (Wildman–Crippen LogP) is 4.29. The summed E-state index contributed by atoms with van der Waals surface area (Å²) in [5.41, 5.74) is 2.57. The molecule has 1 fully saturated rings. The number of pyridine rings is 1. The van der Waals surface area contributed by atoms with Crippen molar-refractivity contribution in [2.75, 3.05) is 24.5 Å². The Morgan fingerprint density at radius 1 is 1.03 bits per heavy atom. The number of piperidine rings is 1. The van der Waals surface area contributed by atoms with Crippen LogP contribution in [0.5, 0.6) is 0 Å². The number of carbonyl (C=O) groups is 2. The number of aryl methyl sites for hydroxylation is 2. The first kappa shape index (κ1) is 25.0. The lowest BCUT2D eigenvalue weighted by molar-refractivity contribution is -0.159. The molecule has 34 heavy (non-hydrogen) atoms. The van der Waals surface area contributed by atoms with Gasteiger partial charge in [-0.1, -0.05) is 36.4 Å². The number of carboxylic acids is 2. The van der Waals surface area contributed by atoms with Crippen molar-refractivity contribution in [1.82, 2.24) is 9.88 Å². The fourth-order valence-corrected chi connectivity index (χ4v) is 4.19. The number of aromatic nitrogens is 1. The van der Waals surface area contributed by atoms with E-state index in [1.807, 2.05) is 26.1 Å². The van der Waals surface area contributed by atoms with Crippen LogP contribution in [0.4, 0.5) is 11.5 Å². The summed E-state index contributed by atoms with van der Waals surface area (Å²) in [6, 6.07) is 19.5. The van der Waals surface area contributed by atoms with E-state index in [2.05, 4.69) is 63.3 Å². The first-order valence-electron chi connectivity index (χ1n) is 11.3. The van der Waals surface area contributed by atoms with Crippen LogP contribution in [-0.2, 0) is 16.0 Å². The zero-order chi connectivity index (χ0) is 24.5. The Kier molecular flexibility index (Phi) is 8.81. The molecule has 1 saturated heterocycles. The van der Waals surface area contributed by atoms with Crippen molar-refractivity contribution < 1.29 is 24.2 Å². The van der Waals surface area contributed by atoms with Gasteiger partial charge in [0.25, 0.3) is 0 Å². The number of nitrogens with zero attached hydrogens (tertiary/aromatic N) is 3. The maximum absolute atomic E-state index is 9.10. The van der Waals surface area contributed by atoms with Crippen LogP contribution in [0.25, 0.3) is 0 Å². The molecule has 0 unspecified atom stereocenters. The zero-order valence-corrected chi connectivity index (χ0v) is 19.6. The molecule has 180 valence electrons. The molecule has 0 radical (unpaired) electrons. The van der Waals surface area contributed by atoms with Gasteiger partial charge in [0.1, 0.15) is 17.3 Å². The number of hydrogen-bond acceptors (Lipinski definition) is 6. The lowest BCUT2D eigenvalue weighted by Gasteiger charge is -2.39. The number of carboxylic acid groups (broad SMARTS) is 2. The molecule has 0 atom stereocenters. The maximum atomic E-state index is 9.10. The van der Waals surface area contributed by atoms with Gasteiger partial charge in [0.2, 0.25) is 0 Å². The van der Waals surface area contributed by atoms with E-state index in [4.69, 9.17) is 24.2 Å². The first-order chi connectivity index (χ1) is 16.3. The predicted molar refractivity (Wildman–Crippen MR) is 129 cm³/mol. The minimum Gasteiger partial charge on any atom is -0.473 e. The van der Waals surface area contributed by atoms with Gasteiger partial charge < -0.3 is 24.4 Å². The summed E-state index contributed by atoms with van der Waals surface area (Å²) in [5.74, 6) is -0.720. The minimum absolute atomic E-state index is 0.443. The average Bonchev–Trinajstić information content (AvgIpc) is 3.17. The summed E-state index contributed by atoms with van der Waals surface area (Å²) in [4.78, 5) is 27.8. The van der Waals surface area contributed by atoms with Gasteiger partial charge in [0, 0.05) is 37.9 Å². The molecule has 0 aliphatic carbocycles. The number of aliphatic carboxylic acids is 2. The number of anilines is 2. The first-order valence-corrected chi connectivity index (χ1v) is 11.3. The van der Waals surface area contributed by atoms with Crippen molar-refractivity contribution in [2.24, 2.45) is 0 Å². The summed E-state index contributed by atoms with van der Waals surface area (Å²) in [6.45, 7) is 7.43. The number of furan rings is 1. The number of benzene rings is 1. The molecule has 0 bridgehead atoms. The van der Waals surface area contributed by atoms with Crippen LogP contribution in [0, 0.1) is 13.8 Å². The largest absolute Gasteiger partial charge is 0.473 e. The molecule has 1 aromatic carbocycles. The Hall–Kier alpha value is -3.65. The molecule has 8 heteroatoms. The minimum atomic E-state index is -1.82. The molecular weight excluding hydrogens is 434 g/mol. The molecule has 3 aromatic rings. The lowest BCUT2D eigenvalue weighted by atomic mass is 10.0. The second kappa shape index (κ2) is 12.0. The summed E-state index contributed by atoms with van der Waals surface area (Å²) >= 11 is 0. The van der Waals surface area contributed by atoms with E-state index in [-0.39, 0.29) is 0 Å². The SMILES string of the molecule is Cc1cc(N(c2ccccn2)C2CCN(CCc3ccccc3)CC2)c(C)o1.O=C(O)C(=O)O. The molecule has 2 aromatic heterocycles. The monoisotopic (exact) mass is 465 g/mol. The Bertz CT molecular complexity index is 1050. The summed E-state index contributed by atoms with van der Waals surface area (Å²) in [5, 5.41) is 14.8. The average molecular weight is 466 g/mol. The van der Waals surface area contributed by atoms with E-state index < -0.39 is 11.9 Å². The van der Waals surface area contributed by atoms with E-state index in [0.29, 0.717) is 6.04 Å². The van der Waals surface area contributed by atoms with Gasteiger partial charge in [-0.3, -0.25) is 0 Å². The van der Waals surface area contributed by atoms with Crippen LogP contribution < -0.4 is 4.90 Å². The van der Waals surface area contributed by atoms with Crippen molar-refractivity contribution in [2.45, 2.75) is 39.2 Å². The summed E-state index contributed by atoms with van der Waals surface area (Å²) < 4.78 is 5.84. The second-order valence-corrected chi connectivity index (χ2v) is 8.28. The molecule has 1 aliphatic heterocycles. The van der Waals surface area contributed by atoms with Gasteiger partial charge >= 0.3 is 11.9 Å². The highest BCUT2D eigenvalue weighted by Gasteiger charge is 2.28. The van der Waals surface area contributed by atoms with Crippen LogP contribution in [0.15, 0.2) is 65.2 Å². The smallest absolute Gasteiger partial charge is 0.414 e. The molecule has 3 heterocycles. The molecule has 1 aliphatic rings. The molecule has 0 saturated carbocycles. The van der Waals surface area contributed by atoms with E-state index in [1.165, 1.54) is 5.56 Å².